The Bertz CT molecular complexity index is 640. The predicted octanol–water partition coefficient (Wildman–Crippen LogP) is 1.45. The van der Waals surface area contributed by atoms with Gasteiger partial charge in [-0.05, 0) is 37.3 Å². The minimum absolute atomic E-state index is 0.213. The van der Waals surface area contributed by atoms with Crippen LogP contribution >= 0.6 is 0 Å². The maximum Gasteiger partial charge on any atom is 0.337 e. The molecule has 0 bridgehead atoms. The van der Waals surface area contributed by atoms with E-state index >= 15 is 0 Å². The number of nitrogens with zero attached hydrogens (tertiary/aromatic N) is 2. The Labute approximate surface area is 122 Å². The standard InChI is InChI=1S/C15H17N3O3/c1-10-8-13(17-18(10)2)9-16-14(19)11-4-6-12(7-5-11)15(20)21-3/h4-8H,9H2,1-3H3,(H,16,19). The van der Waals surface area contributed by atoms with E-state index < -0.39 is 5.97 Å². The lowest BCUT2D eigenvalue weighted by atomic mass is 10.1. The summed E-state index contributed by atoms with van der Waals surface area (Å²) >= 11 is 0. The van der Waals surface area contributed by atoms with Gasteiger partial charge in [0, 0.05) is 18.3 Å². The van der Waals surface area contributed by atoms with Crippen molar-refractivity contribution in [1.82, 2.24) is 15.1 Å². The number of nitrogens with one attached hydrogen (secondary N) is 1. The largest absolute Gasteiger partial charge is 0.465 e. The van der Waals surface area contributed by atoms with E-state index in [2.05, 4.69) is 15.2 Å². The Kier molecular flexibility index (Phi) is 4.37. The lowest BCUT2D eigenvalue weighted by molar-refractivity contribution is 0.0600. The number of ether oxygens (including phenoxy) is 1. The van der Waals surface area contributed by atoms with Gasteiger partial charge in [0.25, 0.3) is 5.91 Å². The van der Waals surface area contributed by atoms with Crippen molar-refractivity contribution in [2.75, 3.05) is 7.11 Å². The van der Waals surface area contributed by atoms with Crippen LogP contribution < -0.4 is 5.32 Å². The molecule has 1 amide bonds. The Balaban J connectivity index is 1.98. The predicted molar refractivity (Wildman–Crippen MR) is 76.9 cm³/mol. The summed E-state index contributed by atoms with van der Waals surface area (Å²) in [6.07, 6.45) is 0. The van der Waals surface area contributed by atoms with Gasteiger partial charge in [0.05, 0.1) is 24.9 Å². The first-order valence-corrected chi connectivity index (χ1v) is 6.47. The second kappa shape index (κ2) is 6.21. The van der Waals surface area contributed by atoms with E-state index in [0.29, 0.717) is 17.7 Å². The van der Waals surface area contributed by atoms with Gasteiger partial charge >= 0.3 is 5.97 Å². The van der Waals surface area contributed by atoms with E-state index in [-0.39, 0.29) is 5.91 Å². The number of aryl methyl sites for hydroxylation is 2. The molecule has 1 aromatic carbocycles. The number of aromatic nitrogens is 2. The lowest BCUT2D eigenvalue weighted by Gasteiger charge is -2.04. The molecule has 2 rings (SSSR count). The molecular formula is C15H17N3O3. The van der Waals surface area contributed by atoms with Crippen LogP contribution in [0.15, 0.2) is 30.3 Å². The molecular weight excluding hydrogens is 270 g/mol. The quantitative estimate of drug-likeness (QED) is 0.864. The van der Waals surface area contributed by atoms with Crippen LogP contribution in [0, 0.1) is 6.92 Å². The monoisotopic (exact) mass is 287 g/mol. The molecule has 0 saturated heterocycles. The highest BCUT2D eigenvalue weighted by Crippen LogP contribution is 2.06. The summed E-state index contributed by atoms with van der Waals surface area (Å²) in [6.45, 7) is 2.31. The molecule has 0 saturated carbocycles. The third-order valence-corrected chi connectivity index (χ3v) is 3.16. The van der Waals surface area contributed by atoms with Gasteiger partial charge < -0.3 is 10.1 Å². The molecule has 0 aliphatic carbocycles. The average Bonchev–Trinajstić information content (AvgIpc) is 2.82. The van der Waals surface area contributed by atoms with E-state index in [0.717, 1.165) is 11.4 Å². The highest BCUT2D eigenvalue weighted by molar-refractivity contribution is 5.96. The SMILES string of the molecule is COC(=O)c1ccc(C(=O)NCc2cc(C)n(C)n2)cc1. The van der Waals surface area contributed by atoms with E-state index in [9.17, 15) is 9.59 Å². The molecule has 1 heterocycles. The molecule has 0 aliphatic rings. The third-order valence-electron chi connectivity index (χ3n) is 3.16. The van der Waals surface area contributed by atoms with Gasteiger partial charge in [0.2, 0.25) is 0 Å². The van der Waals surface area contributed by atoms with Crippen molar-refractivity contribution in [3.05, 3.63) is 52.8 Å². The molecule has 110 valence electrons. The van der Waals surface area contributed by atoms with Crippen LogP contribution in [0.3, 0.4) is 0 Å². The molecule has 21 heavy (non-hydrogen) atoms. The molecule has 6 nitrogen and oxygen atoms in total. The van der Waals surface area contributed by atoms with Crippen LogP contribution in [0.4, 0.5) is 0 Å². The molecule has 0 spiro atoms. The molecule has 6 heteroatoms. The molecule has 0 atom stereocenters. The summed E-state index contributed by atoms with van der Waals surface area (Å²) in [5.41, 5.74) is 2.72. The van der Waals surface area contributed by atoms with E-state index in [1.54, 1.807) is 28.9 Å². The molecule has 0 radical (unpaired) electrons. The number of amides is 1. The van der Waals surface area contributed by atoms with Crippen molar-refractivity contribution < 1.29 is 14.3 Å². The summed E-state index contributed by atoms with van der Waals surface area (Å²) in [4.78, 5) is 23.3. The van der Waals surface area contributed by atoms with Gasteiger partial charge in [0.1, 0.15) is 0 Å². The van der Waals surface area contributed by atoms with Crippen LogP contribution in [0.1, 0.15) is 32.1 Å². The van der Waals surface area contributed by atoms with Crippen LogP contribution in [-0.2, 0) is 18.3 Å². The number of benzene rings is 1. The third kappa shape index (κ3) is 3.47. The Morgan fingerprint density at radius 3 is 2.38 bits per heavy atom. The Hall–Kier alpha value is -2.63. The molecule has 2 aromatic rings. The number of carbonyl (C=O) groups is 2. The average molecular weight is 287 g/mol. The first kappa shape index (κ1) is 14.8. The van der Waals surface area contributed by atoms with Crippen molar-refractivity contribution in [3.63, 3.8) is 0 Å². The van der Waals surface area contributed by atoms with Crippen molar-refractivity contribution in [3.8, 4) is 0 Å². The normalized spacial score (nSPS) is 10.2. The number of esters is 1. The molecule has 0 aliphatic heterocycles. The summed E-state index contributed by atoms with van der Waals surface area (Å²) in [6, 6.07) is 8.22. The van der Waals surface area contributed by atoms with Gasteiger partial charge in [-0.1, -0.05) is 0 Å². The lowest BCUT2D eigenvalue weighted by Crippen LogP contribution is -2.23. The topological polar surface area (TPSA) is 73.2 Å². The van der Waals surface area contributed by atoms with Crippen molar-refractivity contribution in [2.45, 2.75) is 13.5 Å². The van der Waals surface area contributed by atoms with Crippen LogP contribution in [0.2, 0.25) is 0 Å². The zero-order valence-corrected chi connectivity index (χ0v) is 12.2. The van der Waals surface area contributed by atoms with Crippen LogP contribution in [0.25, 0.3) is 0 Å². The number of hydrogen-bond acceptors (Lipinski definition) is 4. The summed E-state index contributed by atoms with van der Waals surface area (Å²) in [5, 5.41) is 7.05. The maximum atomic E-state index is 12.0. The summed E-state index contributed by atoms with van der Waals surface area (Å²) in [5.74, 6) is -0.638. The minimum Gasteiger partial charge on any atom is -0.465 e. The van der Waals surface area contributed by atoms with Gasteiger partial charge in [-0.15, -0.1) is 0 Å². The van der Waals surface area contributed by atoms with Gasteiger partial charge in [-0.3, -0.25) is 9.48 Å². The first-order valence-electron chi connectivity index (χ1n) is 6.47. The van der Waals surface area contributed by atoms with E-state index in [1.807, 2.05) is 20.0 Å². The molecule has 1 aromatic heterocycles. The zero-order chi connectivity index (χ0) is 15.4. The Morgan fingerprint density at radius 1 is 1.24 bits per heavy atom. The number of rotatable bonds is 4. The number of hydrogen-bond donors (Lipinski definition) is 1. The fourth-order valence-electron chi connectivity index (χ4n) is 1.87. The zero-order valence-electron chi connectivity index (χ0n) is 12.2. The molecule has 0 unspecified atom stereocenters. The second-order valence-corrected chi connectivity index (χ2v) is 4.65. The highest BCUT2D eigenvalue weighted by Gasteiger charge is 2.09. The number of methoxy groups -OCH3 is 1. The number of carbonyl (C=O) groups excluding carboxylic acids is 2. The highest BCUT2D eigenvalue weighted by atomic mass is 16.5. The minimum atomic E-state index is -0.425. The van der Waals surface area contributed by atoms with E-state index in [1.165, 1.54) is 7.11 Å². The van der Waals surface area contributed by atoms with Crippen molar-refractivity contribution in [2.24, 2.45) is 7.05 Å². The molecule has 1 N–H and O–H groups in total. The Morgan fingerprint density at radius 2 is 1.86 bits per heavy atom. The molecule has 0 fully saturated rings. The van der Waals surface area contributed by atoms with Crippen LogP contribution in [-0.4, -0.2) is 28.8 Å². The fourth-order valence-corrected chi connectivity index (χ4v) is 1.87. The summed E-state index contributed by atoms with van der Waals surface area (Å²) < 4.78 is 6.36. The van der Waals surface area contributed by atoms with Crippen molar-refractivity contribution in [1.29, 1.82) is 0 Å². The second-order valence-electron chi connectivity index (χ2n) is 4.65. The first-order chi connectivity index (χ1) is 10.0. The van der Waals surface area contributed by atoms with Gasteiger partial charge in [0.15, 0.2) is 0 Å². The maximum absolute atomic E-state index is 12.0. The smallest absolute Gasteiger partial charge is 0.337 e. The van der Waals surface area contributed by atoms with Gasteiger partial charge in [-0.2, -0.15) is 5.10 Å². The van der Waals surface area contributed by atoms with Crippen LogP contribution in [0.5, 0.6) is 0 Å². The fraction of sp³-hybridized carbons (Fsp3) is 0.267. The van der Waals surface area contributed by atoms with Crippen molar-refractivity contribution >= 4 is 11.9 Å². The van der Waals surface area contributed by atoms with E-state index in [4.69, 9.17) is 0 Å². The van der Waals surface area contributed by atoms with Gasteiger partial charge in [-0.25, -0.2) is 4.79 Å². The summed E-state index contributed by atoms with van der Waals surface area (Å²) in [7, 11) is 3.17.